The van der Waals surface area contributed by atoms with E-state index >= 15 is 0 Å². The summed E-state index contributed by atoms with van der Waals surface area (Å²) >= 11 is 0. The number of H-pyrrole nitrogens is 1. The zero-order chi connectivity index (χ0) is 25.3. The molecule has 0 spiro atoms. The van der Waals surface area contributed by atoms with Crippen molar-refractivity contribution in [1.29, 1.82) is 0 Å². The molecule has 182 valence electrons. The minimum Gasteiger partial charge on any atom is -0.338 e. The van der Waals surface area contributed by atoms with Gasteiger partial charge in [0.05, 0.1) is 22.3 Å². The highest BCUT2D eigenvalue weighted by Gasteiger charge is 2.30. The quantitative estimate of drug-likeness (QED) is 0.309. The molecule has 0 aliphatic carbocycles. The standard InChI is InChI=1S/C26H22F3N7/c1-36(2)15-16-6-8-21(30-12-16)18-13-31-25(32-14-18)33-20-5-3-4-17(10-20)24-34-22-9-7-19(26(27,28)29)11-23(22)35-24/h3-14H,15H2,1-2H3,(H,34,35)(H,31,32,33). The van der Waals surface area contributed by atoms with Crippen LogP contribution in [-0.4, -0.2) is 43.9 Å². The van der Waals surface area contributed by atoms with Gasteiger partial charge in [0.2, 0.25) is 5.95 Å². The molecular formula is C26H22F3N7. The lowest BCUT2D eigenvalue weighted by Crippen LogP contribution is -2.10. The number of fused-ring (bicyclic) bond motifs is 1. The van der Waals surface area contributed by atoms with Crippen LogP contribution in [0, 0.1) is 0 Å². The smallest absolute Gasteiger partial charge is 0.338 e. The summed E-state index contributed by atoms with van der Waals surface area (Å²) in [6, 6.07) is 14.7. The maximum absolute atomic E-state index is 13.0. The fraction of sp³-hybridized carbons (Fsp3) is 0.154. The van der Waals surface area contributed by atoms with Crippen LogP contribution in [0.1, 0.15) is 11.1 Å². The molecule has 0 saturated carbocycles. The minimum atomic E-state index is -4.41. The van der Waals surface area contributed by atoms with Crippen molar-refractivity contribution >= 4 is 22.7 Å². The molecule has 0 saturated heterocycles. The number of halogens is 3. The Bertz CT molecular complexity index is 1490. The molecule has 3 heterocycles. The maximum atomic E-state index is 13.0. The van der Waals surface area contributed by atoms with Crippen molar-refractivity contribution < 1.29 is 13.2 Å². The molecule has 0 unspecified atom stereocenters. The Hall–Kier alpha value is -4.31. The average Bonchev–Trinajstić information content (AvgIpc) is 3.28. The third kappa shape index (κ3) is 5.18. The van der Waals surface area contributed by atoms with Gasteiger partial charge >= 0.3 is 6.18 Å². The van der Waals surface area contributed by atoms with Gasteiger partial charge in [-0.1, -0.05) is 18.2 Å². The third-order valence-corrected chi connectivity index (χ3v) is 5.47. The molecule has 2 aromatic carbocycles. The van der Waals surface area contributed by atoms with Gasteiger partial charge in [-0.15, -0.1) is 0 Å². The van der Waals surface area contributed by atoms with Gasteiger partial charge in [-0.05, 0) is 56.1 Å². The summed E-state index contributed by atoms with van der Waals surface area (Å²) in [7, 11) is 4.01. The zero-order valence-electron chi connectivity index (χ0n) is 19.5. The van der Waals surface area contributed by atoms with Crippen molar-refractivity contribution in [3.63, 3.8) is 0 Å². The number of hydrogen-bond acceptors (Lipinski definition) is 6. The van der Waals surface area contributed by atoms with E-state index in [2.05, 4.69) is 35.1 Å². The van der Waals surface area contributed by atoms with Crippen molar-refractivity contribution in [2.24, 2.45) is 0 Å². The topological polar surface area (TPSA) is 82.6 Å². The summed E-state index contributed by atoms with van der Waals surface area (Å²) in [5, 5.41) is 3.15. The summed E-state index contributed by atoms with van der Waals surface area (Å²) in [6.45, 7) is 0.814. The van der Waals surface area contributed by atoms with E-state index in [-0.39, 0.29) is 0 Å². The minimum absolute atomic E-state index is 0.320. The van der Waals surface area contributed by atoms with Gasteiger partial charge in [-0.25, -0.2) is 15.0 Å². The van der Waals surface area contributed by atoms with Crippen LogP contribution in [0.25, 0.3) is 33.7 Å². The van der Waals surface area contributed by atoms with E-state index in [4.69, 9.17) is 0 Å². The number of rotatable bonds is 6. The number of pyridine rings is 1. The predicted molar refractivity (Wildman–Crippen MR) is 132 cm³/mol. The molecule has 5 rings (SSSR count). The first-order chi connectivity index (χ1) is 17.2. The highest BCUT2D eigenvalue weighted by molar-refractivity contribution is 5.81. The largest absolute Gasteiger partial charge is 0.416 e. The molecule has 10 heteroatoms. The van der Waals surface area contributed by atoms with Crippen LogP contribution in [0.3, 0.4) is 0 Å². The van der Waals surface area contributed by atoms with Gasteiger partial charge in [0.15, 0.2) is 0 Å². The van der Waals surface area contributed by atoms with Crippen molar-refractivity contribution in [3.05, 3.63) is 84.3 Å². The maximum Gasteiger partial charge on any atom is 0.416 e. The second-order valence-corrected chi connectivity index (χ2v) is 8.61. The Labute approximate surface area is 205 Å². The Balaban J connectivity index is 1.32. The van der Waals surface area contributed by atoms with Crippen LogP contribution in [0.4, 0.5) is 24.8 Å². The van der Waals surface area contributed by atoms with Gasteiger partial charge in [0.1, 0.15) is 5.82 Å². The summed E-state index contributed by atoms with van der Waals surface area (Å²) < 4.78 is 39.1. The van der Waals surface area contributed by atoms with Gasteiger partial charge in [-0.2, -0.15) is 13.2 Å². The number of aromatic amines is 1. The van der Waals surface area contributed by atoms with Crippen LogP contribution >= 0.6 is 0 Å². The lowest BCUT2D eigenvalue weighted by molar-refractivity contribution is -0.137. The van der Waals surface area contributed by atoms with Crippen LogP contribution in [0.2, 0.25) is 0 Å². The number of aromatic nitrogens is 5. The fourth-order valence-corrected chi connectivity index (χ4v) is 3.77. The molecule has 3 aromatic heterocycles. The molecule has 0 aliphatic heterocycles. The fourth-order valence-electron chi connectivity index (χ4n) is 3.77. The molecular weight excluding hydrogens is 467 g/mol. The van der Waals surface area contributed by atoms with Gasteiger partial charge in [0, 0.05) is 41.9 Å². The Kier molecular flexibility index (Phi) is 6.11. The molecule has 0 fully saturated rings. The van der Waals surface area contributed by atoms with E-state index in [0.29, 0.717) is 34.1 Å². The van der Waals surface area contributed by atoms with Crippen molar-refractivity contribution in [1.82, 2.24) is 29.8 Å². The summed E-state index contributed by atoms with van der Waals surface area (Å²) in [5.41, 5.74) is 4.18. The van der Waals surface area contributed by atoms with Gasteiger partial charge < -0.3 is 15.2 Å². The van der Waals surface area contributed by atoms with Crippen molar-refractivity contribution in [3.8, 4) is 22.6 Å². The van der Waals surface area contributed by atoms with E-state index in [9.17, 15) is 13.2 Å². The van der Waals surface area contributed by atoms with Gasteiger partial charge in [-0.3, -0.25) is 4.98 Å². The molecule has 0 radical (unpaired) electrons. The summed E-state index contributed by atoms with van der Waals surface area (Å²) in [4.78, 5) is 22.8. The highest BCUT2D eigenvalue weighted by Crippen LogP contribution is 2.32. The molecule has 0 aliphatic rings. The first-order valence-corrected chi connectivity index (χ1v) is 11.1. The molecule has 0 atom stereocenters. The molecule has 7 nitrogen and oxygen atoms in total. The Morgan fingerprint density at radius 3 is 2.39 bits per heavy atom. The van der Waals surface area contributed by atoms with Crippen LogP contribution in [-0.2, 0) is 12.7 Å². The van der Waals surface area contributed by atoms with E-state index < -0.39 is 11.7 Å². The second-order valence-electron chi connectivity index (χ2n) is 8.61. The predicted octanol–water partition coefficient (Wildman–Crippen LogP) is 5.91. The molecule has 0 bridgehead atoms. The zero-order valence-corrected chi connectivity index (χ0v) is 19.5. The molecule has 2 N–H and O–H groups in total. The lowest BCUT2D eigenvalue weighted by Gasteiger charge is -2.10. The number of anilines is 2. The first kappa shape index (κ1) is 23.4. The molecule has 36 heavy (non-hydrogen) atoms. The SMILES string of the molecule is CN(C)Cc1ccc(-c2cnc(Nc3cccc(-c4nc5ccc(C(F)(F)F)cc5[nH]4)c3)nc2)nc1. The van der Waals surface area contributed by atoms with Crippen molar-refractivity contribution in [2.45, 2.75) is 12.7 Å². The van der Waals surface area contributed by atoms with E-state index in [1.165, 1.54) is 6.07 Å². The number of imidazole rings is 1. The van der Waals surface area contributed by atoms with Crippen LogP contribution < -0.4 is 5.32 Å². The van der Waals surface area contributed by atoms with E-state index in [1.54, 1.807) is 12.4 Å². The molecule has 0 amide bonds. The van der Waals surface area contributed by atoms with E-state index in [1.807, 2.05) is 56.7 Å². The number of benzene rings is 2. The first-order valence-electron chi connectivity index (χ1n) is 11.1. The average molecular weight is 490 g/mol. The summed E-state index contributed by atoms with van der Waals surface area (Å²) in [5.74, 6) is 0.868. The van der Waals surface area contributed by atoms with Crippen molar-refractivity contribution in [2.75, 3.05) is 19.4 Å². The molecule has 5 aromatic rings. The third-order valence-electron chi connectivity index (χ3n) is 5.47. The Morgan fingerprint density at radius 1 is 0.889 bits per heavy atom. The normalized spacial score (nSPS) is 11.8. The monoisotopic (exact) mass is 489 g/mol. The number of hydrogen-bond donors (Lipinski definition) is 2. The van der Waals surface area contributed by atoms with Gasteiger partial charge in [0.25, 0.3) is 0 Å². The summed E-state index contributed by atoms with van der Waals surface area (Å²) in [6.07, 6.45) is 0.828. The highest BCUT2D eigenvalue weighted by atomic mass is 19.4. The second kappa shape index (κ2) is 9.38. The lowest BCUT2D eigenvalue weighted by atomic mass is 10.2. The van der Waals surface area contributed by atoms with Crippen LogP contribution in [0.5, 0.6) is 0 Å². The van der Waals surface area contributed by atoms with Crippen LogP contribution in [0.15, 0.2) is 73.2 Å². The number of nitrogens with zero attached hydrogens (tertiary/aromatic N) is 5. The Morgan fingerprint density at radius 2 is 1.69 bits per heavy atom. The number of nitrogens with one attached hydrogen (secondary N) is 2. The van der Waals surface area contributed by atoms with E-state index in [0.717, 1.165) is 35.5 Å². The number of alkyl halides is 3.